The average Bonchev–Trinajstić information content (AvgIpc) is 2.65. The number of hydrogen-bond acceptors (Lipinski definition) is 6. The van der Waals surface area contributed by atoms with E-state index in [1.807, 2.05) is 67.5 Å². The number of methoxy groups -OCH3 is 2. The van der Waals surface area contributed by atoms with Gasteiger partial charge in [-0.05, 0) is 59.1 Å². The second-order valence-corrected chi connectivity index (χ2v) is 9.82. The van der Waals surface area contributed by atoms with E-state index in [9.17, 15) is 19.8 Å². The predicted molar refractivity (Wildman–Crippen MR) is 122 cm³/mol. The van der Waals surface area contributed by atoms with E-state index in [1.165, 1.54) is 14.2 Å². The minimum atomic E-state index is -1.20. The van der Waals surface area contributed by atoms with Gasteiger partial charge >= 0.3 is 19.5 Å². The van der Waals surface area contributed by atoms with Crippen molar-refractivity contribution in [2.24, 2.45) is 0 Å². The van der Waals surface area contributed by atoms with Crippen LogP contribution in [-0.2, 0) is 30.3 Å². The van der Waals surface area contributed by atoms with Crippen molar-refractivity contribution >= 4 is 11.9 Å². The first kappa shape index (κ1) is 30.6. The Hall–Kier alpha value is -2.40. The number of rotatable bonds is 4. The van der Waals surface area contributed by atoms with E-state index in [4.69, 9.17) is 9.47 Å². The maximum Gasteiger partial charge on any atom is 2.00 e. The molecule has 0 aliphatic heterocycles. The van der Waals surface area contributed by atoms with Crippen LogP contribution >= 0.6 is 0 Å². The quantitative estimate of drug-likeness (QED) is 0.589. The van der Waals surface area contributed by atoms with Crippen LogP contribution in [0.1, 0.15) is 84.5 Å². The molecule has 0 aliphatic rings. The van der Waals surface area contributed by atoms with Gasteiger partial charge < -0.3 is 29.3 Å². The number of carboxylic acid groups (broad SMARTS) is 2. The minimum Gasteiger partial charge on any atom is -0.545 e. The van der Waals surface area contributed by atoms with Gasteiger partial charge in [0.2, 0.25) is 0 Å². The van der Waals surface area contributed by atoms with Crippen molar-refractivity contribution in [1.82, 2.24) is 0 Å². The maximum absolute atomic E-state index is 11.0. The molecule has 33 heavy (non-hydrogen) atoms. The number of aromatic carboxylic acids is 2. The largest absolute Gasteiger partial charge is 2.00 e. The summed E-state index contributed by atoms with van der Waals surface area (Å²) in [5.74, 6) is -1.64. The third kappa shape index (κ3) is 7.85. The van der Waals surface area contributed by atoms with Crippen LogP contribution in [0.25, 0.3) is 0 Å². The fourth-order valence-electron chi connectivity index (χ4n) is 3.26. The van der Waals surface area contributed by atoms with Crippen molar-refractivity contribution in [3.8, 4) is 11.5 Å². The van der Waals surface area contributed by atoms with Gasteiger partial charge in [0.05, 0.1) is 26.2 Å². The molecule has 0 spiro atoms. The molecule has 2 aromatic rings. The Morgan fingerprint density at radius 3 is 1.12 bits per heavy atom. The Balaban J connectivity index is 0.000000602. The molecule has 0 bridgehead atoms. The molecule has 0 amide bonds. The fraction of sp³-hybridized carbons (Fsp3) is 0.462. The van der Waals surface area contributed by atoms with E-state index < -0.39 is 11.9 Å². The molecule has 0 atom stereocenters. The summed E-state index contributed by atoms with van der Waals surface area (Å²) in [7, 11) is 2.93. The van der Waals surface area contributed by atoms with Gasteiger partial charge in [0.1, 0.15) is 11.5 Å². The van der Waals surface area contributed by atoms with Gasteiger partial charge in [0.25, 0.3) is 0 Å². The van der Waals surface area contributed by atoms with Gasteiger partial charge in [-0.1, -0.05) is 53.7 Å². The van der Waals surface area contributed by atoms with E-state index in [0.717, 1.165) is 22.3 Å². The van der Waals surface area contributed by atoms with Crippen LogP contribution in [0.3, 0.4) is 0 Å². The molecule has 0 saturated carbocycles. The summed E-state index contributed by atoms with van der Waals surface area (Å²) >= 11 is 0. The number of carboxylic acids is 2. The number of carbonyl (C=O) groups is 2. The van der Waals surface area contributed by atoms with Gasteiger partial charge in [-0.3, -0.25) is 0 Å². The molecule has 0 unspecified atom stereocenters. The van der Waals surface area contributed by atoms with Crippen molar-refractivity contribution in [3.63, 3.8) is 0 Å². The summed E-state index contributed by atoms with van der Waals surface area (Å²) in [6.07, 6.45) is 0. The average molecular weight is 508 g/mol. The summed E-state index contributed by atoms with van der Waals surface area (Å²) in [5, 5.41) is 22.0. The standard InChI is InChI=1S/2C13H18O3.Zn/c2*1-8-6-9(13(2,3)4)7-10(12(14)15)11(8)16-5;/h2*6-7H,1-5H3,(H,14,15);/q;;+2/p-2. The van der Waals surface area contributed by atoms with Crippen LogP contribution in [0.2, 0.25) is 0 Å². The van der Waals surface area contributed by atoms with Crippen LogP contribution in [0.5, 0.6) is 11.5 Å². The number of benzene rings is 2. The van der Waals surface area contributed by atoms with Crippen molar-refractivity contribution < 1.29 is 48.8 Å². The zero-order chi connectivity index (χ0) is 25.0. The Morgan fingerprint density at radius 1 is 0.667 bits per heavy atom. The molecule has 0 aliphatic carbocycles. The molecule has 0 saturated heterocycles. The zero-order valence-corrected chi connectivity index (χ0v) is 24.4. The Morgan fingerprint density at radius 2 is 0.939 bits per heavy atom. The van der Waals surface area contributed by atoms with Crippen LogP contribution in [-0.4, -0.2) is 26.2 Å². The topological polar surface area (TPSA) is 98.7 Å². The molecular formula is C26H34O6Zn. The Labute approximate surface area is 210 Å². The third-order valence-corrected chi connectivity index (χ3v) is 5.13. The summed E-state index contributed by atoms with van der Waals surface area (Å²) in [4.78, 5) is 22.0. The van der Waals surface area contributed by atoms with Gasteiger partial charge in [-0.2, -0.15) is 0 Å². The van der Waals surface area contributed by atoms with E-state index in [1.54, 1.807) is 12.1 Å². The number of hydrogen-bond donors (Lipinski definition) is 0. The molecule has 0 radical (unpaired) electrons. The SMILES string of the molecule is COc1c(C)cc(C(C)(C)C)cc1C(=O)[O-].COc1c(C)cc(C(C)(C)C)cc1C(=O)[O-].[Zn+2]. The number of aryl methyl sites for hydroxylation is 2. The van der Waals surface area contributed by atoms with E-state index in [2.05, 4.69) is 0 Å². The summed E-state index contributed by atoms with van der Waals surface area (Å²) in [5.41, 5.74) is 3.60. The van der Waals surface area contributed by atoms with E-state index in [-0.39, 0.29) is 41.4 Å². The van der Waals surface area contributed by atoms with Gasteiger partial charge in [-0.15, -0.1) is 0 Å². The predicted octanol–water partition coefficient (Wildman–Crippen LogP) is 3.33. The van der Waals surface area contributed by atoms with E-state index in [0.29, 0.717) is 11.5 Å². The fourth-order valence-corrected chi connectivity index (χ4v) is 3.26. The molecule has 0 fully saturated rings. The molecule has 0 N–H and O–H groups in total. The monoisotopic (exact) mass is 506 g/mol. The Kier molecular flexibility index (Phi) is 10.8. The molecule has 6 nitrogen and oxygen atoms in total. The number of carbonyl (C=O) groups excluding carboxylic acids is 2. The van der Waals surface area contributed by atoms with Crippen LogP contribution in [0.15, 0.2) is 24.3 Å². The first-order valence-electron chi connectivity index (χ1n) is 10.4. The van der Waals surface area contributed by atoms with Crippen molar-refractivity contribution in [2.45, 2.75) is 66.2 Å². The van der Waals surface area contributed by atoms with Crippen molar-refractivity contribution in [1.29, 1.82) is 0 Å². The minimum absolute atomic E-state index is 0. The van der Waals surface area contributed by atoms with Crippen molar-refractivity contribution in [2.75, 3.05) is 14.2 Å². The van der Waals surface area contributed by atoms with Crippen LogP contribution < -0.4 is 19.7 Å². The summed E-state index contributed by atoms with van der Waals surface area (Å²) < 4.78 is 10.2. The Bertz CT molecular complexity index is 916. The normalized spacial score (nSPS) is 11.0. The second kappa shape index (κ2) is 11.6. The molecule has 2 aromatic carbocycles. The molecule has 176 valence electrons. The van der Waals surface area contributed by atoms with Gasteiger partial charge in [0, 0.05) is 11.1 Å². The molecule has 0 aromatic heterocycles. The molecular weight excluding hydrogens is 474 g/mol. The molecule has 7 heteroatoms. The van der Waals surface area contributed by atoms with Gasteiger partial charge in [-0.25, -0.2) is 0 Å². The third-order valence-electron chi connectivity index (χ3n) is 5.13. The summed E-state index contributed by atoms with van der Waals surface area (Å²) in [6, 6.07) is 7.15. The number of ether oxygens (including phenoxy) is 2. The van der Waals surface area contributed by atoms with Gasteiger partial charge in [0.15, 0.2) is 0 Å². The zero-order valence-electron chi connectivity index (χ0n) is 21.5. The maximum atomic E-state index is 11.0. The first-order valence-corrected chi connectivity index (χ1v) is 10.4. The van der Waals surface area contributed by atoms with E-state index >= 15 is 0 Å². The smallest absolute Gasteiger partial charge is 0.545 e. The molecule has 0 heterocycles. The van der Waals surface area contributed by atoms with Crippen LogP contribution in [0, 0.1) is 13.8 Å². The second-order valence-electron chi connectivity index (χ2n) is 9.82. The molecule has 2 rings (SSSR count). The first-order chi connectivity index (χ1) is 14.5. The van der Waals surface area contributed by atoms with Crippen molar-refractivity contribution in [3.05, 3.63) is 57.6 Å². The van der Waals surface area contributed by atoms with Crippen LogP contribution in [0.4, 0.5) is 0 Å². The summed E-state index contributed by atoms with van der Waals surface area (Å²) in [6.45, 7) is 15.9.